The summed E-state index contributed by atoms with van der Waals surface area (Å²) in [6.45, 7) is 4.42. The summed E-state index contributed by atoms with van der Waals surface area (Å²) in [5.74, 6) is 0.0205. The lowest BCUT2D eigenvalue weighted by Crippen LogP contribution is -2.46. The van der Waals surface area contributed by atoms with Crippen LogP contribution in [0.2, 0.25) is 0 Å². The van der Waals surface area contributed by atoms with E-state index in [1.54, 1.807) is 11.9 Å². The van der Waals surface area contributed by atoms with Gasteiger partial charge in [0.1, 0.15) is 0 Å². The van der Waals surface area contributed by atoms with E-state index in [1.165, 1.54) is 0 Å². The predicted octanol–water partition coefficient (Wildman–Crippen LogP) is 0.544. The fourth-order valence-electron chi connectivity index (χ4n) is 1.70. The van der Waals surface area contributed by atoms with Crippen molar-refractivity contribution in [2.24, 2.45) is 11.7 Å². The van der Waals surface area contributed by atoms with Gasteiger partial charge in [0, 0.05) is 13.7 Å². The number of amides is 1. The SMILES string of the molecule is CC1OCCC1C(=O)N(C)C(C)C(N)=S. The van der Waals surface area contributed by atoms with Crippen LogP contribution in [0.15, 0.2) is 0 Å². The fourth-order valence-corrected chi connectivity index (χ4v) is 1.86. The van der Waals surface area contributed by atoms with Gasteiger partial charge in [0.05, 0.1) is 23.1 Å². The number of carbonyl (C=O) groups is 1. The zero-order valence-corrected chi connectivity index (χ0v) is 10.2. The smallest absolute Gasteiger partial charge is 0.228 e. The number of nitrogens with zero attached hydrogens (tertiary/aromatic N) is 1. The topological polar surface area (TPSA) is 55.6 Å². The van der Waals surface area contributed by atoms with E-state index in [4.69, 9.17) is 22.7 Å². The molecule has 1 saturated heterocycles. The van der Waals surface area contributed by atoms with Crippen LogP contribution in [-0.2, 0) is 9.53 Å². The van der Waals surface area contributed by atoms with E-state index in [0.717, 1.165) is 6.42 Å². The van der Waals surface area contributed by atoms with Crippen molar-refractivity contribution < 1.29 is 9.53 Å². The van der Waals surface area contributed by atoms with Gasteiger partial charge in [0.2, 0.25) is 5.91 Å². The second-order valence-electron chi connectivity index (χ2n) is 4.00. The highest BCUT2D eigenvalue weighted by molar-refractivity contribution is 7.80. The molecule has 1 amide bonds. The number of rotatable bonds is 3. The summed E-state index contributed by atoms with van der Waals surface area (Å²) in [7, 11) is 1.73. The van der Waals surface area contributed by atoms with Crippen molar-refractivity contribution >= 4 is 23.1 Å². The average Bonchev–Trinajstić information content (AvgIpc) is 2.60. The van der Waals surface area contributed by atoms with E-state index in [0.29, 0.717) is 11.6 Å². The highest BCUT2D eigenvalue weighted by Crippen LogP contribution is 2.22. The first-order valence-corrected chi connectivity index (χ1v) is 5.53. The highest BCUT2D eigenvalue weighted by atomic mass is 32.1. The Balaban J connectivity index is 2.63. The molecule has 1 aliphatic rings. The lowest BCUT2D eigenvalue weighted by Gasteiger charge is -2.27. The minimum atomic E-state index is -0.194. The van der Waals surface area contributed by atoms with Crippen LogP contribution >= 0.6 is 12.2 Å². The fraction of sp³-hybridized carbons (Fsp3) is 0.800. The third kappa shape index (κ3) is 2.66. The molecule has 86 valence electrons. The molecular weight excluding hydrogens is 212 g/mol. The molecule has 0 aromatic heterocycles. The van der Waals surface area contributed by atoms with Gasteiger partial charge in [-0.3, -0.25) is 4.79 Å². The highest BCUT2D eigenvalue weighted by Gasteiger charge is 2.34. The standard InChI is InChI=1S/C10H18N2O2S/c1-6(9(11)15)12(3)10(13)8-4-5-14-7(8)2/h6-8H,4-5H2,1-3H3,(H2,11,15). The third-order valence-corrected chi connectivity index (χ3v) is 3.37. The molecule has 3 atom stereocenters. The molecule has 1 rings (SSSR count). The Kier molecular flexibility index (Phi) is 4.04. The third-order valence-electron chi connectivity index (χ3n) is 3.03. The van der Waals surface area contributed by atoms with Crippen LogP contribution in [0.3, 0.4) is 0 Å². The van der Waals surface area contributed by atoms with E-state index in [9.17, 15) is 4.79 Å². The summed E-state index contributed by atoms with van der Waals surface area (Å²) >= 11 is 4.87. The summed E-state index contributed by atoms with van der Waals surface area (Å²) in [4.78, 5) is 14.0. The normalized spacial score (nSPS) is 27.4. The minimum Gasteiger partial charge on any atom is -0.392 e. The van der Waals surface area contributed by atoms with Gasteiger partial charge >= 0.3 is 0 Å². The van der Waals surface area contributed by atoms with Crippen LogP contribution in [0.4, 0.5) is 0 Å². The van der Waals surface area contributed by atoms with E-state index in [2.05, 4.69) is 0 Å². The van der Waals surface area contributed by atoms with Gasteiger partial charge in [-0.25, -0.2) is 0 Å². The molecule has 0 spiro atoms. The predicted molar refractivity (Wildman–Crippen MR) is 62.5 cm³/mol. The maximum absolute atomic E-state index is 12.0. The molecule has 5 heteroatoms. The van der Waals surface area contributed by atoms with Crippen molar-refractivity contribution in [1.82, 2.24) is 4.90 Å². The number of thiocarbonyl (C=S) groups is 1. The Morgan fingerprint density at radius 1 is 1.67 bits per heavy atom. The molecule has 0 aliphatic carbocycles. The molecule has 15 heavy (non-hydrogen) atoms. The van der Waals surface area contributed by atoms with E-state index < -0.39 is 0 Å². The Morgan fingerprint density at radius 3 is 2.67 bits per heavy atom. The number of likely N-dealkylation sites (N-methyl/N-ethyl adjacent to an activating group) is 1. The maximum Gasteiger partial charge on any atom is 0.228 e. The van der Waals surface area contributed by atoms with Crippen molar-refractivity contribution in [3.63, 3.8) is 0 Å². The van der Waals surface area contributed by atoms with Gasteiger partial charge in [-0.05, 0) is 20.3 Å². The lowest BCUT2D eigenvalue weighted by atomic mass is 10.0. The first kappa shape index (κ1) is 12.4. The van der Waals surface area contributed by atoms with Crippen LogP contribution in [-0.4, -0.2) is 41.6 Å². The van der Waals surface area contributed by atoms with Crippen LogP contribution in [0, 0.1) is 5.92 Å². The second kappa shape index (κ2) is 4.90. The van der Waals surface area contributed by atoms with Crippen LogP contribution < -0.4 is 5.73 Å². The van der Waals surface area contributed by atoms with Crippen molar-refractivity contribution in [3.8, 4) is 0 Å². The number of carbonyl (C=O) groups excluding carboxylic acids is 1. The summed E-state index contributed by atoms with van der Waals surface area (Å²) < 4.78 is 5.37. The average molecular weight is 230 g/mol. The minimum absolute atomic E-state index is 0.00139. The van der Waals surface area contributed by atoms with Crippen molar-refractivity contribution in [2.75, 3.05) is 13.7 Å². The molecule has 2 N–H and O–H groups in total. The molecular formula is C10H18N2O2S. The van der Waals surface area contributed by atoms with Crippen molar-refractivity contribution in [2.45, 2.75) is 32.4 Å². The van der Waals surface area contributed by atoms with Gasteiger partial charge in [-0.1, -0.05) is 12.2 Å². The summed E-state index contributed by atoms with van der Waals surface area (Å²) in [5.41, 5.74) is 5.51. The summed E-state index contributed by atoms with van der Waals surface area (Å²) in [6, 6.07) is -0.194. The van der Waals surface area contributed by atoms with Crippen molar-refractivity contribution in [3.05, 3.63) is 0 Å². The summed E-state index contributed by atoms with van der Waals surface area (Å²) in [6.07, 6.45) is 0.785. The maximum atomic E-state index is 12.0. The molecule has 0 radical (unpaired) electrons. The van der Waals surface area contributed by atoms with Gasteiger partial charge in [-0.15, -0.1) is 0 Å². The Hall–Kier alpha value is -0.680. The molecule has 1 heterocycles. The number of ether oxygens (including phenoxy) is 1. The van der Waals surface area contributed by atoms with Gasteiger partial charge in [-0.2, -0.15) is 0 Å². The molecule has 4 nitrogen and oxygen atoms in total. The number of hydrogen-bond donors (Lipinski definition) is 1. The Morgan fingerprint density at radius 2 is 2.27 bits per heavy atom. The molecule has 1 fully saturated rings. The zero-order chi connectivity index (χ0) is 11.6. The van der Waals surface area contributed by atoms with Gasteiger partial charge in [0.25, 0.3) is 0 Å². The monoisotopic (exact) mass is 230 g/mol. The number of nitrogens with two attached hydrogens (primary N) is 1. The first-order chi connectivity index (χ1) is 6.95. The quantitative estimate of drug-likeness (QED) is 0.719. The van der Waals surface area contributed by atoms with E-state index in [-0.39, 0.29) is 24.0 Å². The van der Waals surface area contributed by atoms with Gasteiger partial charge < -0.3 is 15.4 Å². The Labute approximate surface area is 95.8 Å². The van der Waals surface area contributed by atoms with Crippen LogP contribution in [0.5, 0.6) is 0 Å². The van der Waals surface area contributed by atoms with E-state index in [1.807, 2.05) is 13.8 Å². The second-order valence-corrected chi connectivity index (χ2v) is 4.47. The Bertz CT molecular complexity index is 270. The van der Waals surface area contributed by atoms with Crippen LogP contribution in [0.1, 0.15) is 20.3 Å². The summed E-state index contributed by atoms with van der Waals surface area (Å²) in [5, 5.41) is 0. The molecule has 3 unspecified atom stereocenters. The molecule has 0 aromatic rings. The van der Waals surface area contributed by atoms with Crippen LogP contribution in [0.25, 0.3) is 0 Å². The number of hydrogen-bond acceptors (Lipinski definition) is 3. The molecule has 0 saturated carbocycles. The lowest BCUT2D eigenvalue weighted by molar-refractivity contribution is -0.136. The van der Waals surface area contributed by atoms with Gasteiger partial charge in [0.15, 0.2) is 0 Å². The van der Waals surface area contributed by atoms with Crippen molar-refractivity contribution in [1.29, 1.82) is 0 Å². The largest absolute Gasteiger partial charge is 0.392 e. The molecule has 1 aliphatic heterocycles. The molecule has 0 aromatic carbocycles. The van der Waals surface area contributed by atoms with E-state index >= 15 is 0 Å². The molecule has 0 bridgehead atoms. The first-order valence-electron chi connectivity index (χ1n) is 5.12. The zero-order valence-electron chi connectivity index (χ0n) is 9.40.